The van der Waals surface area contributed by atoms with Crippen molar-refractivity contribution in [1.82, 2.24) is 20.0 Å². The van der Waals surface area contributed by atoms with Crippen molar-refractivity contribution in [2.24, 2.45) is 13.0 Å². The van der Waals surface area contributed by atoms with Crippen LogP contribution in [0.2, 0.25) is 5.02 Å². The molecule has 110 valence electrons. The van der Waals surface area contributed by atoms with Crippen LogP contribution in [-0.2, 0) is 23.2 Å². The quantitative estimate of drug-likeness (QED) is 0.900. The Morgan fingerprint density at radius 1 is 1.45 bits per heavy atom. The van der Waals surface area contributed by atoms with Gasteiger partial charge in [-0.1, -0.05) is 25.4 Å². The van der Waals surface area contributed by atoms with Crippen molar-refractivity contribution in [2.45, 2.75) is 33.4 Å². The monoisotopic (exact) mass is 298 g/mol. The predicted molar refractivity (Wildman–Crippen MR) is 75.1 cm³/mol. The lowest BCUT2D eigenvalue weighted by Gasteiger charge is -2.37. The minimum absolute atomic E-state index is 0.0346. The second-order valence-corrected chi connectivity index (χ2v) is 5.78. The molecule has 0 radical (unpaired) electrons. The molecule has 0 bridgehead atoms. The molecule has 1 aromatic heterocycles. The van der Waals surface area contributed by atoms with Crippen LogP contribution < -0.4 is 5.32 Å². The van der Waals surface area contributed by atoms with Crippen LogP contribution in [0.4, 0.5) is 0 Å². The van der Waals surface area contributed by atoms with Crippen molar-refractivity contribution in [1.29, 1.82) is 0 Å². The standard InChI is InChI=1S/C13H19ClN4O2/c1-7(2)12-13(20)15-5-10(19)18(12)6-9-11(14)8(3)16-17(9)4/h7,12H,5-6H2,1-4H3,(H,15,20). The Bertz CT molecular complexity index is 553. The molecular formula is C13H19ClN4O2. The Morgan fingerprint density at radius 2 is 2.10 bits per heavy atom. The molecule has 2 amide bonds. The molecule has 1 atom stereocenters. The zero-order valence-electron chi connectivity index (χ0n) is 12.1. The van der Waals surface area contributed by atoms with E-state index in [0.29, 0.717) is 11.6 Å². The molecule has 2 heterocycles. The molecule has 1 saturated heterocycles. The molecule has 1 aliphatic heterocycles. The van der Waals surface area contributed by atoms with Crippen LogP contribution in [0.3, 0.4) is 0 Å². The van der Waals surface area contributed by atoms with Gasteiger partial charge in [0, 0.05) is 7.05 Å². The average Bonchev–Trinajstić information content (AvgIpc) is 2.60. The zero-order chi connectivity index (χ0) is 15.0. The van der Waals surface area contributed by atoms with Crippen molar-refractivity contribution in [2.75, 3.05) is 6.54 Å². The molecule has 20 heavy (non-hydrogen) atoms. The Hall–Kier alpha value is -1.56. The summed E-state index contributed by atoms with van der Waals surface area (Å²) in [4.78, 5) is 25.7. The summed E-state index contributed by atoms with van der Waals surface area (Å²) >= 11 is 6.22. The van der Waals surface area contributed by atoms with Crippen molar-refractivity contribution in [3.63, 3.8) is 0 Å². The van der Waals surface area contributed by atoms with E-state index < -0.39 is 6.04 Å². The van der Waals surface area contributed by atoms with Gasteiger partial charge in [0.1, 0.15) is 6.04 Å². The van der Waals surface area contributed by atoms with Gasteiger partial charge >= 0.3 is 0 Å². The fourth-order valence-electron chi connectivity index (χ4n) is 2.53. The van der Waals surface area contributed by atoms with E-state index in [9.17, 15) is 9.59 Å². The SMILES string of the molecule is Cc1nn(C)c(CN2C(=O)CNC(=O)C2C(C)C)c1Cl. The van der Waals surface area contributed by atoms with Crippen LogP contribution in [-0.4, -0.2) is 39.1 Å². The van der Waals surface area contributed by atoms with Crippen LogP contribution in [0, 0.1) is 12.8 Å². The van der Waals surface area contributed by atoms with E-state index in [0.717, 1.165) is 11.4 Å². The number of piperazine rings is 1. The lowest BCUT2D eigenvalue weighted by atomic mass is 9.99. The highest BCUT2D eigenvalue weighted by Crippen LogP contribution is 2.24. The molecule has 2 rings (SSSR count). The fourth-order valence-corrected chi connectivity index (χ4v) is 2.75. The summed E-state index contributed by atoms with van der Waals surface area (Å²) in [6, 6.07) is -0.470. The van der Waals surface area contributed by atoms with Crippen LogP contribution in [0.1, 0.15) is 25.2 Å². The number of aromatic nitrogens is 2. The highest BCUT2D eigenvalue weighted by molar-refractivity contribution is 6.31. The predicted octanol–water partition coefficient (Wildman–Crippen LogP) is 0.865. The van der Waals surface area contributed by atoms with Gasteiger partial charge in [0.05, 0.1) is 29.5 Å². The highest BCUT2D eigenvalue weighted by atomic mass is 35.5. The zero-order valence-corrected chi connectivity index (χ0v) is 12.9. The van der Waals surface area contributed by atoms with Crippen LogP contribution in [0.15, 0.2) is 0 Å². The summed E-state index contributed by atoms with van der Waals surface area (Å²) in [6.45, 7) is 6.00. The Morgan fingerprint density at radius 3 is 2.60 bits per heavy atom. The number of nitrogens with one attached hydrogen (secondary N) is 1. The number of carbonyl (C=O) groups excluding carboxylic acids is 2. The van der Waals surface area contributed by atoms with Crippen molar-refractivity contribution < 1.29 is 9.59 Å². The van der Waals surface area contributed by atoms with Crippen molar-refractivity contribution in [3.8, 4) is 0 Å². The molecular weight excluding hydrogens is 280 g/mol. The van der Waals surface area contributed by atoms with Gasteiger partial charge in [0.15, 0.2) is 0 Å². The van der Waals surface area contributed by atoms with Crippen molar-refractivity contribution >= 4 is 23.4 Å². The minimum atomic E-state index is -0.470. The van der Waals surface area contributed by atoms with Gasteiger partial charge in [-0.25, -0.2) is 0 Å². The normalized spacial score (nSPS) is 19.7. The van der Waals surface area contributed by atoms with E-state index >= 15 is 0 Å². The average molecular weight is 299 g/mol. The summed E-state index contributed by atoms with van der Waals surface area (Å²) in [7, 11) is 1.78. The molecule has 0 aromatic carbocycles. The molecule has 1 aliphatic rings. The van der Waals surface area contributed by atoms with E-state index in [1.54, 1.807) is 16.6 Å². The number of amides is 2. The second-order valence-electron chi connectivity index (χ2n) is 5.40. The second kappa shape index (κ2) is 5.44. The van der Waals surface area contributed by atoms with E-state index in [1.807, 2.05) is 20.8 Å². The molecule has 0 aliphatic carbocycles. The van der Waals surface area contributed by atoms with Crippen LogP contribution >= 0.6 is 11.6 Å². The number of hydrogen-bond donors (Lipinski definition) is 1. The van der Waals surface area contributed by atoms with Gasteiger partial charge in [-0.05, 0) is 12.8 Å². The minimum Gasteiger partial charge on any atom is -0.345 e. The number of carbonyl (C=O) groups is 2. The Balaban J connectivity index is 2.33. The number of nitrogens with zero attached hydrogens (tertiary/aromatic N) is 3. The molecule has 1 N–H and O–H groups in total. The van der Waals surface area contributed by atoms with Crippen LogP contribution in [0.5, 0.6) is 0 Å². The van der Waals surface area contributed by atoms with Gasteiger partial charge in [0.25, 0.3) is 0 Å². The lowest BCUT2D eigenvalue weighted by Crippen LogP contribution is -2.59. The fraction of sp³-hybridized carbons (Fsp3) is 0.615. The molecule has 0 saturated carbocycles. The maximum Gasteiger partial charge on any atom is 0.243 e. The smallest absolute Gasteiger partial charge is 0.243 e. The first-order valence-electron chi connectivity index (χ1n) is 6.58. The van der Waals surface area contributed by atoms with Gasteiger partial charge in [0.2, 0.25) is 11.8 Å². The van der Waals surface area contributed by atoms with E-state index in [4.69, 9.17) is 11.6 Å². The number of rotatable bonds is 3. The van der Waals surface area contributed by atoms with Gasteiger partial charge in [-0.2, -0.15) is 5.10 Å². The lowest BCUT2D eigenvalue weighted by molar-refractivity contribution is -0.148. The first-order chi connectivity index (χ1) is 9.32. The molecule has 0 spiro atoms. The van der Waals surface area contributed by atoms with Gasteiger partial charge < -0.3 is 10.2 Å². The van der Waals surface area contributed by atoms with Crippen LogP contribution in [0.25, 0.3) is 0 Å². The topological polar surface area (TPSA) is 67.2 Å². The molecule has 1 aromatic rings. The Kier molecular flexibility index (Phi) is 4.04. The molecule has 1 fully saturated rings. The maximum absolute atomic E-state index is 12.1. The summed E-state index contributed by atoms with van der Waals surface area (Å²) in [6.07, 6.45) is 0. The first-order valence-corrected chi connectivity index (χ1v) is 6.96. The van der Waals surface area contributed by atoms with E-state index in [1.165, 1.54) is 0 Å². The van der Waals surface area contributed by atoms with E-state index in [-0.39, 0.29) is 24.3 Å². The number of hydrogen-bond acceptors (Lipinski definition) is 3. The third kappa shape index (κ3) is 2.52. The van der Waals surface area contributed by atoms with Crippen molar-refractivity contribution in [3.05, 3.63) is 16.4 Å². The third-order valence-corrected chi connectivity index (χ3v) is 4.04. The molecule has 1 unspecified atom stereocenters. The summed E-state index contributed by atoms with van der Waals surface area (Å²) in [5.74, 6) is -0.180. The third-order valence-electron chi connectivity index (χ3n) is 3.55. The first kappa shape index (κ1) is 14.8. The molecule has 6 nitrogen and oxygen atoms in total. The summed E-state index contributed by atoms with van der Waals surface area (Å²) in [5, 5.41) is 7.41. The van der Waals surface area contributed by atoms with Gasteiger partial charge in [-0.15, -0.1) is 0 Å². The molecule has 7 heteroatoms. The highest BCUT2D eigenvalue weighted by Gasteiger charge is 2.37. The maximum atomic E-state index is 12.1. The Labute approximate surface area is 123 Å². The van der Waals surface area contributed by atoms with Gasteiger partial charge in [-0.3, -0.25) is 14.3 Å². The largest absolute Gasteiger partial charge is 0.345 e. The number of aryl methyl sites for hydroxylation is 2. The summed E-state index contributed by atoms with van der Waals surface area (Å²) < 4.78 is 1.66. The number of halogens is 1. The summed E-state index contributed by atoms with van der Waals surface area (Å²) in [5.41, 5.74) is 1.47. The van der Waals surface area contributed by atoms with E-state index in [2.05, 4.69) is 10.4 Å².